The molecule has 3 nitrogen and oxygen atoms in total. The van der Waals surface area contributed by atoms with Crippen molar-refractivity contribution in [3.05, 3.63) is 71.3 Å². The van der Waals surface area contributed by atoms with Crippen molar-refractivity contribution in [2.75, 3.05) is 0 Å². The van der Waals surface area contributed by atoms with E-state index in [4.69, 9.17) is 0 Å². The highest BCUT2D eigenvalue weighted by molar-refractivity contribution is 5.99. The van der Waals surface area contributed by atoms with Crippen molar-refractivity contribution in [3.8, 4) is 0 Å². The molecule has 1 aromatic rings. The van der Waals surface area contributed by atoms with Gasteiger partial charge in [0.15, 0.2) is 17.3 Å². The molecule has 202 valence electrons. The summed E-state index contributed by atoms with van der Waals surface area (Å²) in [6, 6.07) is 8.11. The molecule has 0 heterocycles. The van der Waals surface area contributed by atoms with Crippen molar-refractivity contribution in [2.45, 2.75) is 113 Å². The Morgan fingerprint density at radius 2 is 1.42 bits per heavy atom. The number of aryl methyl sites for hydroxylation is 1. The van der Waals surface area contributed by atoms with Crippen molar-refractivity contribution in [1.82, 2.24) is 0 Å². The highest BCUT2D eigenvalue weighted by atomic mass is 16.1. The zero-order valence-corrected chi connectivity index (χ0v) is 24.4. The number of ketones is 3. The van der Waals surface area contributed by atoms with Gasteiger partial charge in [0.2, 0.25) is 0 Å². The lowest BCUT2D eigenvalue weighted by Crippen LogP contribution is -2.14. The average molecular weight is 497 g/mol. The van der Waals surface area contributed by atoms with Crippen molar-refractivity contribution in [2.24, 2.45) is 5.92 Å². The second-order valence-corrected chi connectivity index (χ2v) is 8.70. The normalized spacial score (nSPS) is 10.9. The second kappa shape index (κ2) is 22.9. The van der Waals surface area contributed by atoms with Crippen LogP contribution in [0.3, 0.4) is 0 Å². The maximum Gasteiger partial charge on any atom is 0.165 e. The Hall–Kier alpha value is -2.55. The Morgan fingerprint density at radius 3 is 1.83 bits per heavy atom. The number of Topliss-reactive ketones (excluding diaryl/α,β-unsaturated/α-hetero) is 3. The van der Waals surface area contributed by atoms with Crippen LogP contribution in [0.1, 0.15) is 123 Å². The third-order valence-corrected chi connectivity index (χ3v) is 5.70. The summed E-state index contributed by atoms with van der Waals surface area (Å²) in [6.45, 7) is 19.7. The Labute approximate surface area is 222 Å². The SMILES string of the molecule is C=C(/C=C\C(=C/CC)C(C)=O)C(=O)CCCC.CC.CCCC(CCC)C(=O)c1ccc(CC)cc1. The van der Waals surface area contributed by atoms with E-state index in [0.29, 0.717) is 23.4 Å². The summed E-state index contributed by atoms with van der Waals surface area (Å²) < 4.78 is 0. The Morgan fingerprint density at radius 1 is 0.861 bits per heavy atom. The molecule has 0 N–H and O–H groups in total. The highest BCUT2D eigenvalue weighted by Gasteiger charge is 2.18. The van der Waals surface area contributed by atoms with Crippen LogP contribution in [0.2, 0.25) is 0 Å². The molecule has 0 spiro atoms. The van der Waals surface area contributed by atoms with E-state index in [-0.39, 0.29) is 17.5 Å². The monoisotopic (exact) mass is 496 g/mol. The lowest BCUT2D eigenvalue weighted by atomic mass is 9.89. The lowest BCUT2D eigenvalue weighted by Gasteiger charge is -2.14. The summed E-state index contributed by atoms with van der Waals surface area (Å²) in [5.74, 6) is 0.619. The molecule has 0 aliphatic carbocycles. The van der Waals surface area contributed by atoms with Gasteiger partial charge >= 0.3 is 0 Å². The first kappa shape index (κ1) is 35.6. The Kier molecular flexibility index (Phi) is 22.6. The number of carbonyl (C=O) groups is 3. The van der Waals surface area contributed by atoms with E-state index in [1.165, 1.54) is 12.5 Å². The molecule has 0 aliphatic rings. The minimum atomic E-state index is 0.0110. The third-order valence-electron chi connectivity index (χ3n) is 5.70. The Bertz CT molecular complexity index is 819. The molecule has 1 aromatic carbocycles. The molecule has 0 fully saturated rings. The standard InChI is InChI=1S/C16H24O.C15H22O2.C2H6/c1-4-7-14(8-5-2)16(17)15-11-9-13(6-3)10-12-15;1-5-7-9-15(17)12(3)10-11-14(8-6-2)13(4)16;1-2/h9-12,14H,4-8H2,1-3H3;8,10-11H,3,5-7,9H2,1-2,4H3;1-2H3/b;11-10-,14-8+;. The molecule has 1 rings (SSSR count). The van der Waals surface area contributed by atoms with Crippen molar-refractivity contribution >= 4 is 17.3 Å². The topological polar surface area (TPSA) is 51.2 Å². The quantitative estimate of drug-likeness (QED) is 0.138. The maximum atomic E-state index is 12.3. The minimum Gasteiger partial charge on any atom is -0.295 e. The number of unbranched alkanes of at least 4 members (excludes halogenated alkanes) is 1. The largest absolute Gasteiger partial charge is 0.295 e. The third kappa shape index (κ3) is 15.4. The van der Waals surface area contributed by atoms with Crippen molar-refractivity contribution in [3.63, 3.8) is 0 Å². The van der Waals surface area contributed by atoms with Gasteiger partial charge in [-0.05, 0) is 44.6 Å². The summed E-state index contributed by atoms with van der Waals surface area (Å²) in [7, 11) is 0. The molecule has 0 bridgehead atoms. The molecule has 0 saturated heterocycles. The summed E-state index contributed by atoms with van der Waals surface area (Å²) in [6.07, 6.45) is 13.6. The fourth-order valence-corrected chi connectivity index (χ4v) is 3.57. The molecule has 0 unspecified atom stereocenters. The molecule has 0 aromatic heterocycles. The van der Waals surface area contributed by atoms with Crippen LogP contribution < -0.4 is 0 Å². The number of carbonyl (C=O) groups excluding carboxylic acids is 3. The summed E-state index contributed by atoms with van der Waals surface area (Å²) >= 11 is 0. The molecule has 0 aliphatic heterocycles. The van der Waals surface area contributed by atoms with E-state index in [1.54, 1.807) is 12.2 Å². The van der Waals surface area contributed by atoms with Gasteiger partial charge in [-0.2, -0.15) is 0 Å². The highest BCUT2D eigenvalue weighted by Crippen LogP contribution is 2.20. The fourth-order valence-electron chi connectivity index (χ4n) is 3.57. The first-order valence-corrected chi connectivity index (χ1v) is 14.0. The number of hydrogen-bond acceptors (Lipinski definition) is 3. The Balaban J connectivity index is 0. The summed E-state index contributed by atoms with van der Waals surface area (Å²) in [5, 5.41) is 0. The number of rotatable bonds is 15. The van der Waals surface area contributed by atoms with Gasteiger partial charge in [-0.25, -0.2) is 0 Å². The van der Waals surface area contributed by atoms with Crippen LogP contribution in [0.25, 0.3) is 0 Å². The molecule has 0 amide bonds. The minimum absolute atomic E-state index is 0.0110. The fraction of sp³-hybridized carbons (Fsp3) is 0.545. The van der Waals surface area contributed by atoms with E-state index >= 15 is 0 Å². The van der Waals surface area contributed by atoms with Crippen LogP contribution in [-0.4, -0.2) is 17.3 Å². The summed E-state index contributed by atoms with van der Waals surface area (Å²) in [4.78, 5) is 35.2. The van der Waals surface area contributed by atoms with Crippen LogP contribution in [0.4, 0.5) is 0 Å². The van der Waals surface area contributed by atoms with Crippen LogP contribution in [-0.2, 0) is 16.0 Å². The number of benzene rings is 1. The van der Waals surface area contributed by atoms with Crippen molar-refractivity contribution in [1.29, 1.82) is 0 Å². The zero-order chi connectivity index (χ0) is 27.9. The van der Waals surface area contributed by atoms with Crippen molar-refractivity contribution < 1.29 is 14.4 Å². The molecular formula is C33H52O3. The predicted octanol–water partition coefficient (Wildman–Crippen LogP) is 9.46. The van der Waals surface area contributed by atoms with E-state index in [0.717, 1.165) is 56.9 Å². The maximum absolute atomic E-state index is 12.3. The molecular weight excluding hydrogens is 444 g/mol. The predicted molar refractivity (Wildman–Crippen MR) is 157 cm³/mol. The molecule has 0 radical (unpaired) electrons. The molecule has 0 atom stereocenters. The van der Waals surface area contributed by atoms with Crippen LogP contribution in [0.15, 0.2) is 60.2 Å². The number of allylic oxidation sites excluding steroid dienone is 5. The smallest absolute Gasteiger partial charge is 0.165 e. The first-order valence-electron chi connectivity index (χ1n) is 14.0. The van der Waals surface area contributed by atoms with Crippen LogP contribution in [0, 0.1) is 5.92 Å². The average Bonchev–Trinajstić information content (AvgIpc) is 2.90. The van der Waals surface area contributed by atoms with E-state index in [1.807, 2.05) is 45.9 Å². The van der Waals surface area contributed by atoms with Gasteiger partial charge in [0.05, 0.1) is 0 Å². The van der Waals surface area contributed by atoms with Gasteiger partial charge in [0.25, 0.3) is 0 Å². The van der Waals surface area contributed by atoms with E-state index in [9.17, 15) is 14.4 Å². The summed E-state index contributed by atoms with van der Waals surface area (Å²) in [5.41, 5.74) is 3.29. The molecule has 36 heavy (non-hydrogen) atoms. The van der Waals surface area contributed by atoms with Gasteiger partial charge in [-0.15, -0.1) is 0 Å². The van der Waals surface area contributed by atoms with E-state index in [2.05, 4.69) is 39.5 Å². The zero-order valence-electron chi connectivity index (χ0n) is 24.4. The van der Waals surface area contributed by atoms with Gasteiger partial charge < -0.3 is 0 Å². The number of hydrogen-bond donors (Lipinski definition) is 0. The van der Waals surface area contributed by atoms with Gasteiger partial charge in [-0.1, -0.05) is 117 Å². The second-order valence-electron chi connectivity index (χ2n) is 8.70. The first-order chi connectivity index (χ1) is 17.2. The molecule has 0 saturated carbocycles. The van der Waals surface area contributed by atoms with Gasteiger partial charge in [0, 0.05) is 29.0 Å². The van der Waals surface area contributed by atoms with E-state index < -0.39 is 0 Å². The van der Waals surface area contributed by atoms with Crippen LogP contribution in [0.5, 0.6) is 0 Å². The van der Waals surface area contributed by atoms with Crippen LogP contribution >= 0.6 is 0 Å². The van der Waals surface area contributed by atoms with Gasteiger partial charge in [0.1, 0.15) is 0 Å². The lowest BCUT2D eigenvalue weighted by molar-refractivity contribution is -0.115. The van der Waals surface area contributed by atoms with Gasteiger partial charge in [-0.3, -0.25) is 14.4 Å². The molecule has 3 heteroatoms.